The fourth-order valence-corrected chi connectivity index (χ4v) is 3.30. The summed E-state index contributed by atoms with van der Waals surface area (Å²) in [4.78, 5) is 28.8. The molecule has 2 aromatic rings. The van der Waals surface area contributed by atoms with E-state index in [1.165, 1.54) is 18.2 Å². The van der Waals surface area contributed by atoms with Crippen molar-refractivity contribution in [3.05, 3.63) is 47.7 Å². The van der Waals surface area contributed by atoms with Crippen molar-refractivity contribution >= 4 is 17.7 Å². The number of benzene rings is 1. The topological polar surface area (TPSA) is 104 Å². The van der Waals surface area contributed by atoms with Crippen LogP contribution in [0.5, 0.6) is 11.5 Å². The number of ether oxygens (including phenoxy) is 3. The highest BCUT2D eigenvalue weighted by atomic mass is 19.4. The van der Waals surface area contributed by atoms with E-state index in [1.807, 2.05) is 0 Å². The number of hydrogen-bond acceptors (Lipinski definition) is 7. The average Bonchev–Trinajstić information content (AvgIpc) is 3.07. The Morgan fingerprint density at radius 3 is 2.53 bits per heavy atom. The van der Waals surface area contributed by atoms with E-state index in [4.69, 9.17) is 10.5 Å². The van der Waals surface area contributed by atoms with Gasteiger partial charge < -0.3 is 24.8 Å². The van der Waals surface area contributed by atoms with E-state index in [0.29, 0.717) is 5.56 Å². The maximum absolute atomic E-state index is 14.5. The standard InChI is InChI=1S/C21H20F5N3O5/c1-32-19(31)13-7-16(18(27)28-8-13)33-10-14-9-29(11-20(14,22)23)17(30)6-12-2-4-15(5-3-12)34-21(24,25)26/h2-5,7-8,14H,6,9-11H2,1H3,(H2,27,28). The van der Waals surface area contributed by atoms with Gasteiger partial charge in [-0.1, -0.05) is 12.1 Å². The van der Waals surface area contributed by atoms with Crippen LogP contribution >= 0.6 is 0 Å². The summed E-state index contributed by atoms with van der Waals surface area (Å²) in [5.41, 5.74) is 6.03. The smallest absolute Gasteiger partial charge is 0.489 e. The number of nitrogens with two attached hydrogens (primary N) is 1. The Balaban J connectivity index is 1.60. The summed E-state index contributed by atoms with van der Waals surface area (Å²) < 4.78 is 79.4. The van der Waals surface area contributed by atoms with Gasteiger partial charge in [-0.15, -0.1) is 13.2 Å². The molecule has 13 heteroatoms. The van der Waals surface area contributed by atoms with E-state index >= 15 is 0 Å². The molecule has 0 radical (unpaired) electrons. The fourth-order valence-electron chi connectivity index (χ4n) is 3.30. The molecule has 1 fully saturated rings. The summed E-state index contributed by atoms with van der Waals surface area (Å²) in [5, 5.41) is 0. The quantitative estimate of drug-likeness (QED) is 0.471. The number of methoxy groups -OCH3 is 1. The van der Waals surface area contributed by atoms with Crippen molar-refractivity contribution in [2.24, 2.45) is 5.92 Å². The van der Waals surface area contributed by atoms with Crippen molar-refractivity contribution in [1.82, 2.24) is 9.88 Å². The second-order valence-corrected chi connectivity index (χ2v) is 7.51. The molecule has 1 aromatic heterocycles. The summed E-state index contributed by atoms with van der Waals surface area (Å²) >= 11 is 0. The number of alkyl halides is 5. The first-order chi connectivity index (χ1) is 15.9. The lowest BCUT2D eigenvalue weighted by molar-refractivity contribution is -0.274. The molecule has 2 N–H and O–H groups in total. The van der Waals surface area contributed by atoms with Crippen LogP contribution in [-0.4, -0.2) is 60.9 Å². The number of aromatic nitrogens is 1. The number of likely N-dealkylation sites (tertiary alicyclic amines) is 1. The molecule has 34 heavy (non-hydrogen) atoms. The lowest BCUT2D eigenvalue weighted by atomic mass is 10.1. The third-order valence-corrected chi connectivity index (χ3v) is 5.05. The Bertz CT molecular complexity index is 1050. The lowest BCUT2D eigenvalue weighted by Crippen LogP contribution is -2.33. The highest BCUT2D eigenvalue weighted by Crippen LogP contribution is 2.34. The van der Waals surface area contributed by atoms with Gasteiger partial charge in [-0.25, -0.2) is 18.6 Å². The lowest BCUT2D eigenvalue weighted by Gasteiger charge is -2.18. The van der Waals surface area contributed by atoms with Gasteiger partial charge in [0.25, 0.3) is 5.92 Å². The van der Waals surface area contributed by atoms with Gasteiger partial charge in [0.05, 0.1) is 38.2 Å². The first-order valence-corrected chi connectivity index (χ1v) is 9.85. The minimum atomic E-state index is -4.85. The van der Waals surface area contributed by atoms with Crippen molar-refractivity contribution in [3.63, 3.8) is 0 Å². The fraction of sp³-hybridized carbons (Fsp3) is 0.381. The highest BCUT2D eigenvalue weighted by molar-refractivity contribution is 5.89. The Hall–Kier alpha value is -3.64. The third-order valence-electron chi connectivity index (χ3n) is 5.05. The molecule has 1 aliphatic heterocycles. The van der Waals surface area contributed by atoms with Gasteiger partial charge in [0, 0.05) is 18.8 Å². The van der Waals surface area contributed by atoms with E-state index in [0.717, 1.165) is 30.3 Å². The number of halogens is 5. The number of carbonyl (C=O) groups excluding carboxylic acids is 2. The van der Waals surface area contributed by atoms with Gasteiger partial charge in [0.1, 0.15) is 5.75 Å². The zero-order chi connectivity index (χ0) is 25.1. The van der Waals surface area contributed by atoms with E-state index in [1.54, 1.807) is 0 Å². The van der Waals surface area contributed by atoms with Crippen LogP contribution in [0.2, 0.25) is 0 Å². The van der Waals surface area contributed by atoms with Gasteiger partial charge in [-0.05, 0) is 17.7 Å². The number of nitrogens with zero attached hydrogens (tertiary/aromatic N) is 2. The molecule has 1 aliphatic rings. The van der Waals surface area contributed by atoms with E-state index < -0.39 is 49.0 Å². The van der Waals surface area contributed by atoms with Crippen molar-refractivity contribution in [1.29, 1.82) is 0 Å². The number of anilines is 1. The molecule has 1 atom stereocenters. The minimum absolute atomic E-state index is 0.0216. The summed E-state index contributed by atoms with van der Waals surface area (Å²) in [7, 11) is 1.16. The molecule has 1 unspecified atom stereocenters. The zero-order valence-electron chi connectivity index (χ0n) is 17.8. The molecule has 1 saturated heterocycles. The molecule has 2 heterocycles. The molecule has 8 nitrogen and oxygen atoms in total. The monoisotopic (exact) mass is 489 g/mol. The molecule has 0 aliphatic carbocycles. The van der Waals surface area contributed by atoms with Crippen LogP contribution < -0.4 is 15.2 Å². The summed E-state index contributed by atoms with van der Waals surface area (Å²) in [6.45, 7) is -1.66. The summed E-state index contributed by atoms with van der Waals surface area (Å²) in [6, 6.07) is 5.78. The average molecular weight is 489 g/mol. The first kappa shape index (κ1) is 25.0. The molecule has 3 rings (SSSR count). The second-order valence-electron chi connectivity index (χ2n) is 7.51. The molecular formula is C21H20F5N3O5. The van der Waals surface area contributed by atoms with E-state index in [-0.39, 0.29) is 30.1 Å². The molecule has 184 valence electrons. The molecule has 0 spiro atoms. The Morgan fingerprint density at radius 1 is 1.24 bits per heavy atom. The van der Waals surface area contributed by atoms with Crippen LogP contribution in [0.3, 0.4) is 0 Å². The first-order valence-electron chi connectivity index (χ1n) is 9.85. The number of hydrogen-bond donors (Lipinski definition) is 1. The van der Waals surface area contributed by atoms with E-state index in [2.05, 4.69) is 14.5 Å². The largest absolute Gasteiger partial charge is 0.573 e. The normalized spacial score (nSPS) is 17.4. The van der Waals surface area contributed by atoms with Gasteiger partial charge in [0.15, 0.2) is 11.6 Å². The zero-order valence-corrected chi connectivity index (χ0v) is 17.8. The number of nitrogen functional groups attached to an aromatic ring is 1. The number of rotatable bonds is 7. The third kappa shape index (κ3) is 6.23. The van der Waals surface area contributed by atoms with Crippen LogP contribution in [0.1, 0.15) is 15.9 Å². The Kier molecular flexibility index (Phi) is 7.12. The summed E-state index contributed by atoms with van der Waals surface area (Å²) in [5.74, 6) is -6.61. The van der Waals surface area contributed by atoms with Crippen LogP contribution in [0.4, 0.5) is 27.8 Å². The van der Waals surface area contributed by atoms with Gasteiger partial charge in [-0.3, -0.25) is 4.79 Å². The minimum Gasteiger partial charge on any atom is -0.489 e. The number of carbonyl (C=O) groups is 2. The summed E-state index contributed by atoms with van der Waals surface area (Å²) in [6.07, 6.45) is -3.98. The molecule has 1 aromatic carbocycles. The van der Waals surface area contributed by atoms with Crippen molar-refractivity contribution in [3.8, 4) is 11.5 Å². The molecule has 1 amide bonds. The van der Waals surface area contributed by atoms with Crippen LogP contribution in [0, 0.1) is 5.92 Å². The molecule has 0 saturated carbocycles. The van der Waals surface area contributed by atoms with E-state index in [9.17, 15) is 31.5 Å². The predicted molar refractivity (Wildman–Crippen MR) is 107 cm³/mol. The van der Waals surface area contributed by atoms with Gasteiger partial charge >= 0.3 is 12.3 Å². The predicted octanol–water partition coefficient (Wildman–Crippen LogP) is 3.06. The van der Waals surface area contributed by atoms with Gasteiger partial charge in [0.2, 0.25) is 5.91 Å². The van der Waals surface area contributed by atoms with Crippen molar-refractivity contribution in [2.45, 2.75) is 18.7 Å². The number of pyridine rings is 1. The number of esters is 1. The maximum Gasteiger partial charge on any atom is 0.573 e. The van der Waals surface area contributed by atoms with Crippen molar-refractivity contribution in [2.75, 3.05) is 32.5 Å². The van der Waals surface area contributed by atoms with Crippen LogP contribution in [-0.2, 0) is 16.0 Å². The van der Waals surface area contributed by atoms with Crippen molar-refractivity contribution < 1.29 is 45.8 Å². The SMILES string of the molecule is COC(=O)c1cnc(N)c(OCC2CN(C(=O)Cc3ccc(OC(F)(F)F)cc3)CC2(F)F)c1. The molecular weight excluding hydrogens is 469 g/mol. The highest BCUT2D eigenvalue weighted by Gasteiger charge is 2.49. The van der Waals surface area contributed by atoms with Crippen LogP contribution in [0.25, 0.3) is 0 Å². The van der Waals surface area contributed by atoms with Gasteiger partial charge in [-0.2, -0.15) is 0 Å². The second kappa shape index (κ2) is 9.69. The Morgan fingerprint density at radius 2 is 1.91 bits per heavy atom. The van der Waals surface area contributed by atoms with Crippen LogP contribution in [0.15, 0.2) is 36.5 Å². The maximum atomic E-state index is 14.5. The number of amides is 1. The Labute approximate surface area is 190 Å². The molecule has 0 bridgehead atoms.